The van der Waals surface area contributed by atoms with Crippen molar-refractivity contribution in [2.75, 3.05) is 18.4 Å². The van der Waals surface area contributed by atoms with Crippen LogP contribution in [-0.4, -0.2) is 49.2 Å². The summed E-state index contributed by atoms with van der Waals surface area (Å²) in [4.78, 5) is 25.4. The molecular weight excluding hydrogens is 514 g/mol. The van der Waals surface area contributed by atoms with Gasteiger partial charge in [-0.1, -0.05) is 0 Å². The highest BCUT2D eigenvalue weighted by molar-refractivity contribution is 5.85. The summed E-state index contributed by atoms with van der Waals surface area (Å²) >= 11 is 0. The molecule has 1 aromatic carbocycles. The van der Waals surface area contributed by atoms with Gasteiger partial charge in [0.15, 0.2) is 0 Å². The molecule has 3 heterocycles. The number of anilines is 1. The van der Waals surface area contributed by atoms with Gasteiger partial charge in [0.1, 0.15) is 5.82 Å². The minimum Gasteiger partial charge on any atom is -0.351 e. The predicted octanol–water partition coefficient (Wildman–Crippen LogP) is 5.62. The zero-order valence-corrected chi connectivity index (χ0v) is 22.5. The summed E-state index contributed by atoms with van der Waals surface area (Å²) in [5, 5.41) is 3.55. The van der Waals surface area contributed by atoms with E-state index in [-0.39, 0.29) is 42.4 Å². The molecule has 7 nitrogen and oxygen atoms in total. The van der Waals surface area contributed by atoms with Crippen molar-refractivity contribution in [1.82, 2.24) is 24.0 Å². The van der Waals surface area contributed by atoms with E-state index < -0.39 is 0 Å². The number of nitrogens with one attached hydrogen (secondary N) is 1. The molecule has 0 radical (unpaired) electrons. The molecule has 0 unspecified atom stereocenters. The molecule has 2 aromatic heterocycles. The first-order valence-corrected chi connectivity index (χ1v) is 13.1. The molecule has 6 rings (SSSR count). The summed E-state index contributed by atoms with van der Waals surface area (Å²) in [7, 11) is 0. The van der Waals surface area contributed by atoms with Crippen LogP contribution in [0.5, 0.6) is 0 Å². The molecule has 3 aliphatic rings. The molecule has 0 amide bonds. The Kier molecular flexibility index (Phi) is 8.93. The molecule has 37 heavy (non-hydrogen) atoms. The van der Waals surface area contributed by atoms with Crippen LogP contribution in [0.1, 0.15) is 63.8 Å². The lowest BCUT2D eigenvalue weighted by atomic mass is 9.90. The van der Waals surface area contributed by atoms with E-state index in [1.54, 1.807) is 22.9 Å². The molecule has 3 fully saturated rings. The summed E-state index contributed by atoms with van der Waals surface area (Å²) in [6.45, 7) is 2.51. The van der Waals surface area contributed by atoms with Crippen LogP contribution in [0.3, 0.4) is 0 Å². The molecule has 2 aliphatic carbocycles. The number of imidazole rings is 1. The van der Waals surface area contributed by atoms with E-state index in [0.29, 0.717) is 29.1 Å². The lowest BCUT2D eigenvalue weighted by Crippen LogP contribution is -2.39. The van der Waals surface area contributed by atoms with Crippen LogP contribution in [-0.2, 0) is 0 Å². The zero-order valence-electron chi connectivity index (χ0n) is 20.9. The standard InChI is InChI=1S/C27H33FN6O.2ClH/c28-19-6-10-23(11-7-19)34-25(18-33(27(34)35)22-4-3-5-22)24-14-15-29-26(31-24)30-20-8-12-21(13-9-20)32-16-1-2-17-32;;/h6-7,10-11,14-15,18,20-22H,1-5,8-9,12-13,16-17H2,(H,29,30,31);2*1H. The van der Waals surface area contributed by atoms with Crippen molar-refractivity contribution in [1.29, 1.82) is 0 Å². The highest BCUT2D eigenvalue weighted by Gasteiger charge is 2.28. The molecule has 0 bridgehead atoms. The lowest BCUT2D eigenvalue weighted by molar-refractivity contribution is 0.186. The van der Waals surface area contributed by atoms with Gasteiger partial charge in [0.2, 0.25) is 5.95 Å². The first-order chi connectivity index (χ1) is 17.2. The lowest BCUT2D eigenvalue weighted by Gasteiger charge is -2.34. The molecule has 0 spiro atoms. The molecular formula is C27H35Cl2FN6O. The highest BCUT2D eigenvalue weighted by atomic mass is 35.5. The number of hydrogen-bond acceptors (Lipinski definition) is 5. The van der Waals surface area contributed by atoms with E-state index in [1.165, 1.54) is 50.9 Å². The fourth-order valence-electron chi connectivity index (χ4n) is 5.86. The van der Waals surface area contributed by atoms with E-state index in [0.717, 1.165) is 38.1 Å². The maximum absolute atomic E-state index is 13.6. The summed E-state index contributed by atoms with van der Waals surface area (Å²) < 4.78 is 17.0. The molecule has 2 saturated carbocycles. The van der Waals surface area contributed by atoms with Gasteiger partial charge in [-0.2, -0.15) is 0 Å². The summed E-state index contributed by atoms with van der Waals surface area (Å²) in [6, 6.07) is 9.20. The Morgan fingerprint density at radius 2 is 1.57 bits per heavy atom. The number of nitrogens with zero attached hydrogens (tertiary/aromatic N) is 5. The average Bonchev–Trinajstić information content (AvgIpc) is 3.49. The SMILES string of the molecule is Cl.Cl.O=c1n(C2CCC2)cc(-c2ccnc(NC3CCC(N4CCCC4)CC3)n2)n1-c1ccc(F)cc1. The number of hydrogen-bond donors (Lipinski definition) is 1. The van der Waals surface area contributed by atoms with Crippen LogP contribution in [0, 0.1) is 5.82 Å². The Morgan fingerprint density at radius 3 is 2.22 bits per heavy atom. The monoisotopic (exact) mass is 548 g/mol. The average molecular weight is 550 g/mol. The van der Waals surface area contributed by atoms with Crippen LogP contribution in [0.15, 0.2) is 47.5 Å². The first kappa shape index (κ1) is 27.6. The summed E-state index contributed by atoms with van der Waals surface area (Å²) in [5.41, 5.74) is 1.92. The van der Waals surface area contributed by atoms with Gasteiger partial charge in [0.25, 0.3) is 0 Å². The van der Waals surface area contributed by atoms with Gasteiger partial charge in [0, 0.05) is 30.5 Å². The number of benzene rings is 1. The topological polar surface area (TPSA) is 68.0 Å². The zero-order chi connectivity index (χ0) is 23.8. The third-order valence-electron chi connectivity index (χ3n) is 8.07. The van der Waals surface area contributed by atoms with Crippen LogP contribution in [0.4, 0.5) is 10.3 Å². The van der Waals surface area contributed by atoms with Crippen molar-refractivity contribution in [3.63, 3.8) is 0 Å². The Morgan fingerprint density at radius 1 is 0.865 bits per heavy atom. The molecule has 3 aromatic rings. The van der Waals surface area contributed by atoms with Crippen molar-refractivity contribution in [3.8, 4) is 17.1 Å². The maximum atomic E-state index is 13.6. The summed E-state index contributed by atoms with van der Waals surface area (Å²) in [5.74, 6) is 0.274. The third kappa shape index (κ3) is 5.71. The van der Waals surface area contributed by atoms with Gasteiger partial charge in [0.05, 0.1) is 17.1 Å². The predicted molar refractivity (Wildman–Crippen MR) is 149 cm³/mol. The van der Waals surface area contributed by atoms with E-state index >= 15 is 0 Å². The molecule has 1 saturated heterocycles. The molecule has 0 atom stereocenters. The van der Waals surface area contributed by atoms with Crippen molar-refractivity contribution in [2.45, 2.75) is 75.9 Å². The van der Waals surface area contributed by atoms with Crippen LogP contribution in [0.25, 0.3) is 17.1 Å². The van der Waals surface area contributed by atoms with E-state index in [2.05, 4.69) is 15.2 Å². The molecule has 1 N–H and O–H groups in total. The second-order valence-electron chi connectivity index (χ2n) is 10.3. The van der Waals surface area contributed by atoms with Gasteiger partial charge in [-0.15, -0.1) is 24.8 Å². The van der Waals surface area contributed by atoms with Crippen molar-refractivity contribution in [2.24, 2.45) is 0 Å². The van der Waals surface area contributed by atoms with Gasteiger partial charge >= 0.3 is 5.69 Å². The molecule has 10 heteroatoms. The smallest absolute Gasteiger partial charge is 0.333 e. The highest BCUT2D eigenvalue weighted by Crippen LogP contribution is 2.33. The Labute approximate surface area is 229 Å². The second-order valence-corrected chi connectivity index (χ2v) is 10.3. The van der Waals surface area contributed by atoms with Gasteiger partial charge < -0.3 is 10.2 Å². The number of halogens is 3. The Bertz CT molecular complexity index is 1230. The number of aromatic nitrogens is 4. The Balaban J connectivity index is 0.00000160. The van der Waals surface area contributed by atoms with Crippen LogP contribution in [0.2, 0.25) is 0 Å². The van der Waals surface area contributed by atoms with Gasteiger partial charge in [-0.25, -0.2) is 19.2 Å². The number of likely N-dealkylation sites (tertiary alicyclic amines) is 1. The summed E-state index contributed by atoms with van der Waals surface area (Å²) in [6.07, 6.45) is 14.1. The van der Waals surface area contributed by atoms with E-state index in [1.807, 2.05) is 16.8 Å². The quantitative estimate of drug-likeness (QED) is 0.432. The normalized spacial score (nSPS) is 22.1. The maximum Gasteiger partial charge on any atom is 0.333 e. The van der Waals surface area contributed by atoms with Crippen molar-refractivity contribution in [3.05, 3.63) is 59.0 Å². The van der Waals surface area contributed by atoms with Gasteiger partial charge in [-0.3, -0.25) is 9.13 Å². The Hall–Kier alpha value is -2.42. The number of rotatable bonds is 6. The second kappa shape index (κ2) is 12.0. The fraction of sp³-hybridized carbons (Fsp3) is 0.519. The van der Waals surface area contributed by atoms with E-state index in [4.69, 9.17) is 4.98 Å². The van der Waals surface area contributed by atoms with Gasteiger partial charge in [-0.05, 0) is 101 Å². The third-order valence-corrected chi connectivity index (χ3v) is 8.07. The largest absolute Gasteiger partial charge is 0.351 e. The van der Waals surface area contributed by atoms with Crippen molar-refractivity contribution >= 4 is 30.8 Å². The van der Waals surface area contributed by atoms with E-state index in [9.17, 15) is 9.18 Å². The molecule has 1 aliphatic heterocycles. The minimum atomic E-state index is -0.324. The van der Waals surface area contributed by atoms with Crippen molar-refractivity contribution < 1.29 is 4.39 Å². The van der Waals surface area contributed by atoms with Crippen LogP contribution < -0.4 is 11.0 Å². The first-order valence-electron chi connectivity index (χ1n) is 13.1. The fourth-order valence-corrected chi connectivity index (χ4v) is 5.86. The molecule has 200 valence electrons. The van der Waals surface area contributed by atoms with Crippen LogP contribution >= 0.6 is 24.8 Å². The minimum absolute atomic E-state index is 0.